The van der Waals surface area contributed by atoms with Crippen LogP contribution in [0.15, 0.2) is 33.1 Å². The maximum Gasteiger partial charge on any atom is 0.0689 e. The lowest BCUT2D eigenvalue weighted by atomic mass is 10.0. The zero-order valence-corrected chi connectivity index (χ0v) is 8.82. The third-order valence-corrected chi connectivity index (χ3v) is 3.11. The molecule has 0 amide bonds. The van der Waals surface area contributed by atoms with Gasteiger partial charge in [0.05, 0.1) is 18.5 Å². The van der Waals surface area contributed by atoms with Crippen LogP contribution >= 0.6 is 0 Å². The number of rotatable bonds is 1. The summed E-state index contributed by atoms with van der Waals surface area (Å²) in [7, 11) is 0. The van der Waals surface area contributed by atoms with Crippen LogP contribution in [-0.2, 0) is 0 Å². The maximum atomic E-state index is 4.45. The minimum absolute atomic E-state index is 0.957. The fraction of sp³-hybridized carbons (Fsp3) is 0.455. The summed E-state index contributed by atoms with van der Waals surface area (Å²) in [6.07, 6.45) is 6.08. The molecule has 1 aliphatic carbocycles. The van der Waals surface area contributed by atoms with Gasteiger partial charge in [-0.2, -0.15) is 10.2 Å². The highest BCUT2D eigenvalue weighted by atomic mass is 15.4. The molecule has 0 spiro atoms. The van der Waals surface area contributed by atoms with Crippen molar-refractivity contribution in [2.75, 3.05) is 13.1 Å². The first kappa shape index (κ1) is 8.71. The van der Waals surface area contributed by atoms with E-state index < -0.39 is 0 Å². The van der Waals surface area contributed by atoms with E-state index in [2.05, 4.69) is 27.6 Å². The zero-order valence-electron chi connectivity index (χ0n) is 8.82. The van der Waals surface area contributed by atoms with Crippen molar-refractivity contribution in [1.82, 2.24) is 10.4 Å². The molecule has 2 heterocycles. The molecule has 0 bridgehead atoms. The van der Waals surface area contributed by atoms with Gasteiger partial charge in [0.2, 0.25) is 0 Å². The van der Waals surface area contributed by atoms with Crippen molar-refractivity contribution in [3.05, 3.63) is 22.9 Å². The number of allylic oxidation sites excluding steroid dienone is 2. The normalized spacial score (nSPS) is 23.1. The van der Waals surface area contributed by atoms with Crippen molar-refractivity contribution in [3.63, 3.8) is 0 Å². The van der Waals surface area contributed by atoms with Gasteiger partial charge in [0, 0.05) is 23.9 Å². The molecule has 15 heavy (non-hydrogen) atoms. The molecule has 4 heteroatoms. The molecule has 1 N–H and O–H groups in total. The largest absolute Gasteiger partial charge is 0.293 e. The lowest BCUT2D eigenvalue weighted by Gasteiger charge is -2.15. The van der Waals surface area contributed by atoms with Gasteiger partial charge in [0.15, 0.2) is 0 Å². The predicted octanol–water partition coefficient (Wildman–Crippen LogP) is 1.24. The van der Waals surface area contributed by atoms with E-state index in [0.717, 1.165) is 25.9 Å². The Hall–Kier alpha value is -1.58. The Kier molecular flexibility index (Phi) is 1.87. The third kappa shape index (κ3) is 1.28. The molecule has 0 aromatic carbocycles. The molecule has 0 atom stereocenters. The van der Waals surface area contributed by atoms with E-state index in [1.807, 2.05) is 12.4 Å². The van der Waals surface area contributed by atoms with Crippen molar-refractivity contribution in [1.29, 1.82) is 0 Å². The first-order chi connectivity index (χ1) is 7.38. The lowest BCUT2D eigenvalue weighted by molar-refractivity contribution is 0.331. The fourth-order valence-electron chi connectivity index (χ4n) is 2.32. The number of nitrogens with zero attached hydrogens (tertiary/aromatic N) is 3. The van der Waals surface area contributed by atoms with Crippen LogP contribution < -0.4 is 5.43 Å². The minimum Gasteiger partial charge on any atom is -0.293 e. The van der Waals surface area contributed by atoms with Gasteiger partial charge in [-0.25, -0.2) is 0 Å². The Labute approximate surface area is 89.0 Å². The molecule has 3 rings (SSSR count). The van der Waals surface area contributed by atoms with Crippen LogP contribution in [0.3, 0.4) is 0 Å². The average molecular weight is 202 g/mol. The van der Waals surface area contributed by atoms with E-state index in [4.69, 9.17) is 0 Å². The highest BCUT2D eigenvalue weighted by molar-refractivity contribution is 6.13. The molecule has 0 aromatic rings. The molecule has 0 radical (unpaired) electrons. The van der Waals surface area contributed by atoms with Gasteiger partial charge in [-0.3, -0.25) is 10.4 Å². The van der Waals surface area contributed by atoms with Gasteiger partial charge in [-0.15, -0.1) is 0 Å². The van der Waals surface area contributed by atoms with Gasteiger partial charge in [0.25, 0.3) is 0 Å². The minimum atomic E-state index is 0.957. The van der Waals surface area contributed by atoms with E-state index in [1.54, 1.807) is 0 Å². The zero-order chi connectivity index (χ0) is 10.3. The van der Waals surface area contributed by atoms with Crippen LogP contribution in [0.25, 0.3) is 0 Å². The van der Waals surface area contributed by atoms with E-state index in [0.29, 0.717) is 0 Å². The summed E-state index contributed by atoms with van der Waals surface area (Å²) in [4.78, 5) is 0. The van der Waals surface area contributed by atoms with Crippen molar-refractivity contribution < 1.29 is 0 Å². The molecular weight excluding hydrogens is 188 g/mol. The molecule has 0 aromatic heterocycles. The van der Waals surface area contributed by atoms with Crippen molar-refractivity contribution in [3.8, 4) is 0 Å². The molecule has 0 fully saturated rings. The van der Waals surface area contributed by atoms with E-state index in [-0.39, 0.29) is 0 Å². The Morgan fingerprint density at radius 2 is 2.40 bits per heavy atom. The van der Waals surface area contributed by atoms with Gasteiger partial charge in [-0.05, 0) is 25.3 Å². The highest BCUT2D eigenvalue weighted by Crippen LogP contribution is 2.32. The van der Waals surface area contributed by atoms with Gasteiger partial charge >= 0.3 is 0 Å². The molecule has 78 valence electrons. The predicted molar refractivity (Wildman–Crippen MR) is 60.7 cm³/mol. The summed E-state index contributed by atoms with van der Waals surface area (Å²) in [6, 6.07) is 0. The van der Waals surface area contributed by atoms with E-state index >= 15 is 0 Å². The van der Waals surface area contributed by atoms with Gasteiger partial charge in [-0.1, -0.05) is 0 Å². The second-order valence-corrected chi connectivity index (χ2v) is 3.99. The fourth-order valence-corrected chi connectivity index (χ4v) is 2.32. The number of hydrogen-bond acceptors (Lipinski definition) is 4. The van der Waals surface area contributed by atoms with Crippen LogP contribution in [0, 0.1) is 0 Å². The summed E-state index contributed by atoms with van der Waals surface area (Å²) < 4.78 is 0. The molecule has 0 saturated carbocycles. The molecule has 0 saturated heterocycles. The van der Waals surface area contributed by atoms with E-state index in [9.17, 15) is 0 Å². The van der Waals surface area contributed by atoms with Crippen LogP contribution in [-0.4, -0.2) is 30.0 Å². The van der Waals surface area contributed by atoms with Crippen molar-refractivity contribution in [2.45, 2.75) is 19.8 Å². The maximum absolute atomic E-state index is 4.45. The Balaban J connectivity index is 2.06. The summed E-state index contributed by atoms with van der Waals surface area (Å²) in [5, 5.41) is 10.9. The average Bonchev–Trinajstić information content (AvgIpc) is 2.57. The Morgan fingerprint density at radius 3 is 3.27 bits per heavy atom. The summed E-state index contributed by atoms with van der Waals surface area (Å²) in [5.74, 6) is 0. The number of nitrogens with one attached hydrogen (secondary N) is 1. The van der Waals surface area contributed by atoms with Crippen LogP contribution in [0.1, 0.15) is 19.8 Å². The van der Waals surface area contributed by atoms with Crippen molar-refractivity contribution >= 4 is 11.9 Å². The highest BCUT2D eigenvalue weighted by Gasteiger charge is 2.27. The van der Waals surface area contributed by atoms with Crippen LogP contribution in [0.2, 0.25) is 0 Å². The first-order valence-electron chi connectivity index (χ1n) is 5.42. The molecule has 0 unspecified atom stereocenters. The SMILES string of the molecule is CCN1CC2=C3C(=CNN=C3CC2)C=N1. The Morgan fingerprint density at radius 1 is 1.47 bits per heavy atom. The monoisotopic (exact) mass is 202 g/mol. The second kappa shape index (κ2) is 3.22. The smallest absolute Gasteiger partial charge is 0.0689 e. The second-order valence-electron chi connectivity index (χ2n) is 3.99. The standard InChI is InChI=1S/C11H14N4/c1-2-15-7-8-3-4-10-11(8)9(6-13-15)5-12-14-10/h5-6,12H,2-4,7H2,1H3. The van der Waals surface area contributed by atoms with Crippen molar-refractivity contribution in [2.24, 2.45) is 10.2 Å². The summed E-state index contributed by atoms with van der Waals surface area (Å²) in [6.45, 7) is 4.05. The molecule has 4 nitrogen and oxygen atoms in total. The third-order valence-electron chi connectivity index (χ3n) is 3.11. The van der Waals surface area contributed by atoms with Gasteiger partial charge < -0.3 is 0 Å². The van der Waals surface area contributed by atoms with Gasteiger partial charge in [0.1, 0.15) is 0 Å². The topological polar surface area (TPSA) is 40.0 Å². The Bertz CT molecular complexity index is 414. The summed E-state index contributed by atoms with van der Waals surface area (Å²) in [5.41, 5.74) is 8.17. The molecule has 2 aliphatic heterocycles. The van der Waals surface area contributed by atoms with Crippen LogP contribution in [0.4, 0.5) is 0 Å². The molecule has 3 aliphatic rings. The van der Waals surface area contributed by atoms with Crippen LogP contribution in [0.5, 0.6) is 0 Å². The number of hydrazone groups is 2. The number of likely N-dealkylation sites (N-methyl/N-ethyl adjacent to an activating group) is 1. The first-order valence-corrected chi connectivity index (χ1v) is 5.42. The summed E-state index contributed by atoms with van der Waals surface area (Å²) >= 11 is 0. The molecular formula is C11H14N4. The quantitative estimate of drug-likeness (QED) is 0.695. The lowest BCUT2D eigenvalue weighted by Crippen LogP contribution is -2.18. The number of hydrogen-bond donors (Lipinski definition) is 1. The van der Waals surface area contributed by atoms with E-state index in [1.165, 1.54) is 22.4 Å².